The van der Waals surface area contributed by atoms with E-state index in [0.29, 0.717) is 5.69 Å². The maximum absolute atomic E-state index is 14.6. The first-order chi connectivity index (χ1) is 14.0. The Morgan fingerprint density at radius 1 is 1.14 bits per heavy atom. The number of halogens is 1. The number of fused-ring (bicyclic) bond motifs is 1. The molecular weight excluding hydrogens is 379 g/mol. The number of hydrogen-bond donors (Lipinski definition) is 2. The molecule has 0 saturated carbocycles. The fourth-order valence-electron chi connectivity index (χ4n) is 4.41. The summed E-state index contributed by atoms with van der Waals surface area (Å²) in [6.07, 6.45) is 0. The van der Waals surface area contributed by atoms with Gasteiger partial charge in [0.15, 0.2) is 5.54 Å². The van der Waals surface area contributed by atoms with Gasteiger partial charge in [-0.2, -0.15) is 0 Å². The molecule has 0 spiro atoms. The summed E-state index contributed by atoms with van der Waals surface area (Å²) in [7, 11) is 1.13. The molecule has 0 bridgehead atoms. The number of nitrogens with one attached hydrogen (secondary N) is 1. The van der Waals surface area contributed by atoms with E-state index in [9.17, 15) is 23.9 Å². The number of amides is 2. The lowest BCUT2D eigenvalue weighted by molar-refractivity contribution is -0.154. The zero-order valence-corrected chi connectivity index (χ0v) is 15.5. The first-order valence-corrected chi connectivity index (χ1v) is 9.10. The molecule has 29 heavy (non-hydrogen) atoms. The molecule has 2 aromatic carbocycles. The molecule has 150 valence electrons. The van der Waals surface area contributed by atoms with E-state index in [1.54, 1.807) is 36.4 Å². The molecule has 7 nitrogen and oxygen atoms in total. The molecule has 2 aromatic rings. The van der Waals surface area contributed by atoms with Crippen molar-refractivity contribution in [1.82, 2.24) is 5.32 Å². The molecule has 4 rings (SSSR count). The number of aliphatic hydroxyl groups is 1. The highest BCUT2D eigenvalue weighted by molar-refractivity contribution is 6.24. The average Bonchev–Trinajstić information content (AvgIpc) is 3.23. The number of nitrogens with zero attached hydrogens (tertiary/aromatic N) is 1. The molecule has 2 amide bonds. The van der Waals surface area contributed by atoms with E-state index >= 15 is 0 Å². The highest BCUT2D eigenvalue weighted by Gasteiger charge is 2.69. The molecule has 0 aliphatic carbocycles. The molecule has 2 N–H and O–H groups in total. The van der Waals surface area contributed by atoms with Crippen molar-refractivity contribution in [3.63, 3.8) is 0 Å². The number of rotatable bonds is 4. The second kappa shape index (κ2) is 7.06. The summed E-state index contributed by atoms with van der Waals surface area (Å²) >= 11 is 0. The Balaban J connectivity index is 1.88. The van der Waals surface area contributed by atoms with Crippen LogP contribution in [-0.2, 0) is 19.1 Å². The van der Waals surface area contributed by atoms with Gasteiger partial charge in [0.1, 0.15) is 5.82 Å². The molecule has 0 aromatic heterocycles. The minimum atomic E-state index is -1.86. The van der Waals surface area contributed by atoms with Gasteiger partial charge in [-0.1, -0.05) is 36.4 Å². The normalized spacial score (nSPS) is 28.5. The Morgan fingerprint density at radius 3 is 2.41 bits per heavy atom. The Hall–Kier alpha value is -3.10. The number of aliphatic hydroxyl groups excluding tert-OH is 1. The van der Waals surface area contributed by atoms with Crippen LogP contribution in [0.4, 0.5) is 10.1 Å². The van der Waals surface area contributed by atoms with Crippen molar-refractivity contribution in [3.8, 4) is 0 Å². The SMILES string of the molecule is COC(=O)[C@]1(CO)N[C@@H](c2ccccc2F)[C@H]2C(=O)N(c3ccccc3)C(=O)[C@@H]21. The van der Waals surface area contributed by atoms with Gasteiger partial charge < -0.3 is 9.84 Å². The average molecular weight is 398 g/mol. The van der Waals surface area contributed by atoms with Gasteiger partial charge in [-0.05, 0) is 18.2 Å². The number of esters is 1. The standard InChI is InChI=1S/C21H19FN2O5/c1-29-20(28)21(11-25)16-15(17(23-21)13-9-5-6-10-14(13)22)18(26)24(19(16)27)12-7-3-2-4-8-12/h2-10,15-17,23,25H,11H2,1H3/t15-,16+,17-,21+/m0/s1. The van der Waals surface area contributed by atoms with Crippen LogP contribution < -0.4 is 10.2 Å². The van der Waals surface area contributed by atoms with Crippen molar-refractivity contribution in [1.29, 1.82) is 0 Å². The molecule has 2 aliphatic heterocycles. The third-order valence-electron chi connectivity index (χ3n) is 5.71. The molecular formula is C21H19FN2O5. The van der Waals surface area contributed by atoms with Gasteiger partial charge in [-0.3, -0.25) is 14.9 Å². The van der Waals surface area contributed by atoms with Gasteiger partial charge in [-0.25, -0.2) is 14.1 Å². The van der Waals surface area contributed by atoms with Gasteiger partial charge in [0.25, 0.3) is 0 Å². The number of ether oxygens (including phenoxy) is 1. The fourth-order valence-corrected chi connectivity index (χ4v) is 4.41. The Morgan fingerprint density at radius 2 is 1.79 bits per heavy atom. The number of anilines is 1. The van der Waals surface area contributed by atoms with E-state index in [1.165, 1.54) is 18.2 Å². The topological polar surface area (TPSA) is 95.9 Å². The van der Waals surface area contributed by atoms with Crippen LogP contribution in [0.15, 0.2) is 54.6 Å². The summed E-state index contributed by atoms with van der Waals surface area (Å²) in [5.74, 6) is -4.99. The lowest BCUT2D eigenvalue weighted by Crippen LogP contribution is -2.59. The van der Waals surface area contributed by atoms with Crippen molar-refractivity contribution >= 4 is 23.5 Å². The number of hydrogen-bond acceptors (Lipinski definition) is 6. The summed E-state index contributed by atoms with van der Waals surface area (Å²) < 4.78 is 19.4. The zero-order valence-electron chi connectivity index (χ0n) is 15.5. The number of imide groups is 1. The van der Waals surface area contributed by atoms with Crippen LogP contribution in [0.2, 0.25) is 0 Å². The van der Waals surface area contributed by atoms with Gasteiger partial charge in [-0.15, -0.1) is 0 Å². The quantitative estimate of drug-likeness (QED) is 0.593. The monoisotopic (exact) mass is 398 g/mol. The van der Waals surface area contributed by atoms with Crippen LogP contribution in [-0.4, -0.2) is 42.1 Å². The summed E-state index contributed by atoms with van der Waals surface area (Å²) in [4.78, 5) is 40.3. The van der Waals surface area contributed by atoms with Crippen molar-refractivity contribution in [2.75, 3.05) is 18.6 Å². The van der Waals surface area contributed by atoms with Crippen LogP contribution in [0.5, 0.6) is 0 Å². The first-order valence-electron chi connectivity index (χ1n) is 9.10. The largest absolute Gasteiger partial charge is 0.468 e. The zero-order chi connectivity index (χ0) is 20.8. The van der Waals surface area contributed by atoms with Gasteiger partial charge in [0, 0.05) is 11.6 Å². The van der Waals surface area contributed by atoms with E-state index in [1.807, 2.05) is 0 Å². The van der Waals surface area contributed by atoms with Crippen LogP contribution in [0.25, 0.3) is 0 Å². The van der Waals surface area contributed by atoms with Crippen molar-refractivity contribution in [2.45, 2.75) is 11.6 Å². The molecule has 0 radical (unpaired) electrons. The van der Waals surface area contributed by atoms with E-state index in [-0.39, 0.29) is 5.56 Å². The summed E-state index contributed by atoms with van der Waals surface area (Å²) in [5.41, 5.74) is -1.37. The smallest absolute Gasteiger partial charge is 0.329 e. The molecule has 2 aliphatic rings. The Kier molecular flexibility index (Phi) is 4.68. The number of carbonyl (C=O) groups excluding carboxylic acids is 3. The Labute approximate surface area is 166 Å². The molecule has 2 fully saturated rings. The van der Waals surface area contributed by atoms with Crippen molar-refractivity contribution in [3.05, 3.63) is 66.0 Å². The Bertz CT molecular complexity index is 982. The predicted octanol–water partition coefficient (Wildman–Crippen LogP) is 1.18. The lowest BCUT2D eigenvalue weighted by Gasteiger charge is -2.30. The predicted molar refractivity (Wildman–Crippen MR) is 100 cm³/mol. The lowest BCUT2D eigenvalue weighted by atomic mass is 9.79. The maximum atomic E-state index is 14.6. The van der Waals surface area contributed by atoms with E-state index in [4.69, 9.17) is 4.74 Å². The van der Waals surface area contributed by atoms with Crippen molar-refractivity contribution in [2.24, 2.45) is 11.8 Å². The van der Waals surface area contributed by atoms with Crippen LogP contribution in [0, 0.1) is 17.7 Å². The molecule has 0 unspecified atom stereocenters. The fraction of sp³-hybridized carbons (Fsp3) is 0.286. The maximum Gasteiger partial charge on any atom is 0.329 e. The van der Waals surface area contributed by atoms with E-state index in [0.717, 1.165) is 12.0 Å². The van der Waals surface area contributed by atoms with E-state index in [2.05, 4.69) is 5.32 Å². The van der Waals surface area contributed by atoms with Gasteiger partial charge >= 0.3 is 5.97 Å². The highest BCUT2D eigenvalue weighted by Crippen LogP contribution is 2.50. The highest BCUT2D eigenvalue weighted by atomic mass is 19.1. The van der Waals surface area contributed by atoms with Gasteiger partial charge in [0.05, 0.1) is 31.2 Å². The molecule has 2 saturated heterocycles. The summed E-state index contributed by atoms with van der Waals surface area (Å²) in [6, 6.07) is 13.1. The summed E-state index contributed by atoms with van der Waals surface area (Å²) in [5, 5.41) is 13.0. The third-order valence-corrected chi connectivity index (χ3v) is 5.71. The van der Waals surface area contributed by atoms with Crippen molar-refractivity contribution < 1.29 is 28.6 Å². The number of para-hydroxylation sites is 1. The molecule has 4 atom stereocenters. The van der Waals surface area contributed by atoms with E-state index < -0.39 is 53.6 Å². The minimum absolute atomic E-state index is 0.137. The number of carbonyl (C=O) groups is 3. The number of methoxy groups -OCH3 is 1. The second-order valence-electron chi connectivity index (χ2n) is 7.12. The summed E-state index contributed by atoms with van der Waals surface area (Å²) in [6.45, 7) is -0.784. The molecule has 2 heterocycles. The first kappa shape index (κ1) is 19.2. The third kappa shape index (κ3) is 2.67. The minimum Gasteiger partial charge on any atom is -0.468 e. The van der Waals surface area contributed by atoms with Crippen LogP contribution in [0.1, 0.15) is 11.6 Å². The second-order valence-corrected chi connectivity index (χ2v) is 7.12. The van der Waals surface area contributed by atoms with Crippen LogP contribution >= 0.6 is 0 Å². The van der Waals surface area contributed by atoms with Gasteiger partial charge in [0.2, 0.25) is 11.8 Å². The molecule has 8 heteroatoms. The van der Waals surface area contributed by atoms with Crippen LogP contribution in [0.3, 0.4) is 0 Å². The number of benzene rings is 2.